The second-order valence-corrected chi connectivity index (χ2v) is 8.41. The van der Waals surface area contributed by atoms with Crippen LogP contribution in [-0.2, 0) is 10.0 Å². The highest BCUT2D eigenvalue weighted by Crippen LogP contribution is 2.30. The molecular weight excluding hydrogens is 389 g/mol. The molecule has 1 heterocycles. The smallest absolute Gasteiger partial charge is 0.243 e. The van der Waals surface area contributed by atoms with Crippen molar-refractivity contribution in [2.45, 2.75) is 17.7 Å². The third kappa shape index (κ3) is 4.55. The maximum Gasteiger partial charge on any atom is 0.243 e. The molecule has 0 aromatic heterocycles. The molecule has 27 heavy (non-hydrogen) atoms. The number of hydrogen-bond donors (Lipinski definition) is 2. The van der Waals surface area contributed by atoms with E-state index in [2.05, 4.69) is 10.6 Å². The fraction of sp³-hybridized carbons (Fsp3) is 0.278. The number of halogens is 1. The highest BCUT2D eigenvalue weighted by molar-refractivity contribution is 7.89. The van der Waals surface area contributed by atoms with Crippen LogP contribution in [0, 0.1) is 5.82 Å². The number of ether oxygens (including phenoxy) is 1. The minimum absolute atomic E-state index is 0.178. The molecule has 0 amide bonds. The van der Waals surface area contributed by atoms with E-state index in [4.69, 9.17) is 17.0 Å². The monoisotopic (exact) mass is 409 g/mol. The van der Waals surface area contributed by atoms with Gasteiger partial charge in [0.25, 0.3) is 0 Å². The van der Waals surface area contributed by atoms with Crippen molar-refractivity contribution in [2.75, 3.05) is 30.8 Å². The summed E-state index contributed by atoms with van der Waals surface area (Å²) in [5.74, 6) is 0.111. The number of thiocarbonyl (C=S) groups is 1. The molecule has 1 fully saturated rings. The summed E-state index contributed by atoms with van der Waals surface area (Å²) in [6, 6.07) is 10.3. The zero-order valence-corrected chi connectivity index (χ0v) is 16.4. The molecule has 2 N–H and O–H groups in total. The largest absolute Gasteiger partial charge is 0.495 e. The molecule has 2 aromatic carbocycles. The maximum atomic E-state index is 13.0. The summed E-state index contributed by atoms with van der Waals surface area (Å²) >= 11 is 5.27. The molecule has 1 saturated heterocycles. The van der Waals surface area contributed by atoms with Crippen LogP contribution in [-0.4, -0.2) is 38.0 Å². The Morgan fingerprint density at radius 2 is 1.78 bits per heavy atom. The van der Waals surface area contributed by atoms with Crippen molar-refractivity contribution in [3.05, 3.63) is 48.3 Å². The molecule has 0 spiro atoms. The van der Waals surface area contributed by atoms with Gasteiger partial charge in [0, 0.05) is 18.8 Å². The highest BCUT2D eigenvalue weighted by Gasteiger charge is 2.27. The number of methoxy groups -OCH3 is 1. The van der Waals surface area contributed by atoms with Crippen LogP contribution in [0.4, 0.5) is 15.8 Å². The van der Waals surface area contributed by atoms with Gasteiger partial charge in [-0.25, -0.2) is 12.8 Å². The molecule has 1 aliphatic rings. The van der Waals surface area contributed by atoms with Crippen molar-refractivity contribution in [3.8, 4) is 5.75 Å². The molecule has 0 atom stereocenters. The first kappa shape index (κ1) is 19.5. The molecule has 9 heteroatoms. The third-order valence-corrected chi connectivity index (χ3v) is 6.32. The number of rotatable bonds is 5. The number of anilines is 2. The molecule has 144 valence electrons. The molecule has 0 unspecified atom stereocenters. The molecule has 0 radical (unpaired) electrons. The summed E-state index contributed by atoms with van der Waals surface area (Å²) in [7, 11) is -2.06. The van der Waals surface area contributed by atoms with Gasteiger partial charge >= 0.3 is 0 Å². The zero-order valence-electron chi connectivity index (χ0n) is 14.7. The predicted octanol–water partition coefficient (Wildman–Crippen LogP) is 3.43. The average molecular weight is 410 g/mol. The lowest BCUT2D eigenvalue weighted by molar-refractivity contribution is 0.416. The molecule has 1 aliphatic heterocycles. The lowest BCUT2D eigenvalue weighted by Crippen LogP contribution is -2.28. The SMILES string of the molecule is COc1ccc(S(=O)(=O)N2CCCC2)cc1NC(=S)Nc1ccc(F)cc1. The average Bonchev–Trinajstić information content (AvgIpc) is 3.19. The Kier molecular flexibility index (Phi) is 5.93. The number of nitrogens with zero attached hydrogens (tertiary/aromatic N) is 1. The quantitative estimate of drug-likeness (QED) is 0.738. The standard InChI is InChI=1S/C18H20FN3O3S2/c1-25-17-9-8-15(27(23,24)22-10-2-3-11-22)12-16(17)21-18(26)20-14-6-4-13(19)5-7-14/h4-9,12H,2-3,10-11H2,1H3,(H2,20,21,26). The second kappa shape index (κ2) is 8.20. The van der Waals surface area contributed by atoms with E-state index in [-0.39, 0.29) is 15.8 Å². The zero-order chi connectivity index (χ0) is 19.4. The Hall–Kier alpha value is -2.23. The number of benzene rings is 2. The molecular formula is C18H20FN3O3S2. The van der Waals surface area contributed by atoms with Gasteiger partial charge in [-0.2, -0.15) is 4.31 Å². The lowest BCUT2D eigenvalue weighted by atomic mass is 10.3. The maximum absolute atomic E-state index is 13.0. The fourth-order valence-electron chi connectivity index (χ4n) is 2.84. The number of nitrogens with one attached hydrogen (secondary N) is 2. The molecule has 3 rings (SSSR count). The van der Waals surface area contributed by atoms with Crippen LogP contribution in [0.2, 0.25) is 0 Å². The van der Waals surface area contributed by atoms with Gasteiger partial charge in [-0.15, -0.1) is 0 Å². The minimum Gasteiger partial charge on any atom is -0.495 e. The van der Waals surface area contributed by atoms with Gasteiger partial charge < -0.3 is 15.4 Å². The topological polar surface area (TPSA) is 70.7 Å². The summed E-state index contributed by atoms with van der Waals surface area (Å²) in [5.41, 5.74) is 1.03. The minimum atomic E-state index is -3.55. The van der Waals surface area contributed by atoms with E-state index in [1.54, 1.807) is 18.2 Å². The number of hydrogen-bond acceptors (Lipinski definition) is 4. The van der Waals surface area contributed by atoms with E-state index in [0.717, 1.165) is 12.8 Å². The fourth-order valence-corrected chi connectivity index (χ4v) is 4.61. The first-order valence-corrected chi connectivity index (χ1v) is 10.3. The van der Waals surface area contributed by atoms with E-state index < -0.39 is 10.0 Å². The van der Waals surface area contributed by atoms with Crippen LogP contribution in [0.3, 0.4) is 0 Å². The summed E-state index contributed by atoms with van der Waals surface area (Å²) in [6.07, 6.45) is 1.73. The van der Waals surface area contributed by atoms with Crippen LogP contribution < -0.4 is 15.4 Å². The Labute approximate surface area is 163 Å². The second-order valence-electron chi connectivity index (χ2n) is 6.06. The van der Waals surface area contributed by atoms with Crippen molar-refractivity contribution in [2.24, 2.45) is 0 Å². The molecule has 0 aliphatic carbocycles. The van der Waals surface area contributed by atoms with Gasteiger partial charge in [-0.05, 0) is 67.5 Å². The molecule has 6 nitrogen and oxygen atoms in total. The van der Waals surface area contributed by atoms with Crippen LogP contribution in [0.5, 0.6) is 5.75 Å². The third-order valence-electron chi connectivity index (χ3n) is 4.22. The normalized spacial score (nSPS) is 14.7. The van der Waals surface area contributed by atoms with E-state index in [9.17, 15) is 12.8 Å². The Morgan fingerprint density at radius 3 is 2.41 bits per heavy atom. The Morgan fingerprint density at radius 1 is 1.11 bits per heavy atom. The first-order chi connectivity index (χ1) is 12.9. The van der Waals surface area contributed by atoms with Crippen molar-refractivity contribution in [3.63, 3.8) is 0 Å². The summed E-state index contributed by atoms with van der Waals surface area (Å²) in [5, 5.41) is 6.10. The van der Waals surface area contributed by atoms with Crippen molar-refractivity contribution >= 4 is 38.7 Å². The molecule has 0 saturated carbocycles. The van der Waals surface area contributed by atoms with E-state index in [1.807, 2.05) is 0 Å². The Bertz CT molecular complexity index is 927. The summed E-state index contributed by atoms with van der Waals surface area (Å²) in [4.78, 5) is 0.178. The van der Waals surface area contributed by atoms with Crippen LogP contribution in [0.15, 0.2) is 47.4 Å². The van der Waals surface area contributed by atoms with Crippen molar-refractivity contribution in [1.82, 2.24) is 4.31 Å². The van der Waals surface area contributed by atoms with Crippen LogP contribution in [0.1, 0.15) is 12.8 Å². The van der Waals surface area contributed by atoms with Gasteiger partial charge in [0.1, 0.15) is 11.6 Å². The van der Waals surface area contributed by atoms with E-state index in [1.165, 1.54) is 35.7 Å². The van der Waals surface area contributed by atoms with Crippen molar-refractivity contribution < 1.29 is 17.5 Å². The predicted molar refractivity (Wildman–Crippen MR) is 107 cm³/mol. The van der Waals surface area contributed by atoms with Gasteiger partial charge in [0.2, 0.25) is 10.0 Å². The summed E-state index contributed by atoms with van der Waals surface area (Å²) < 4.78 is 45.3. The summed E-state index contributed by atoms with van der Waals surface area (Å²) in [6.45, 7) is 1.06. The first-order valence-electron chi connectivity index (χ1n) is 8.42. The lowest BCUT2D eigenvalue weighted by Gasteiger charge is -2.18. The van der Waals surface area contributed by atoms with E-state index >= 15 is 0 Å². The van der Waals surface area contributed by atoms with Gasteiger partial charge in [0.15, 0.2) is 5.11 Å². The van der Waals surface area contributed by atoms with Gasteiger partial charge in [-0.1, -0.05) is 0 Å². The van der Waals surface area contributed by atoms with E-state index in [0.29, 0.717) is 30.2 Å². The van der Waals surface area contributed by atoms with Gasteiger partial charge in [-0.3, -0.25) is 0 Å². The van der Waals surface area contributed by atoms with Crippen LogP contribution >= 0.6 is 12.2 Å². The highest BCUT2D eigenvalue weighted by atomic mass is 32.2. The van der Waals surface area contributed by atoms with Gasteiger partial charge in [0.05, 0.1) is 17.7 Å². The molecule has 2 aromatic rings. The van der Waals surface area contributed by atoms with Crippen molar-refractivity contribution in [1.29, 1.82) is 0 Å². The number of sulfonamides is 1. The molecule has 0 bridgehead atoms. The Balaban J connectivity index is 1.81. The van der Waals surface area contributed by atoms with Crippen LogP contribution in [0.25, 0.3) is 0 Å².